The zero-order valence-electron chi connectivity index (χ0n) is 19.8. The SMILES string of the molecule is CCOC(=O)c1c(C)n(-c2ccc(C)cc2C)c2ccc(OC(=O)/C=C/c3ccccc3)cc12. The summed E-state index contributed by atoms with van der Waals surface area (Å²) in [5, 5.41) is 0.674. The van der Waals surface area contributed by atoms with E-state index in [9.17, 15) is 9.59 Å². The minimum atomic E-state index is -0.494. The first kappa shape index (κ1) is 23.1. The summed E-state index contributed by atoms with van der Waals surface area (Å²) in [6.45, 7) is 8.05. The van der Waals surface area contributed by atoms with Gasteiger partial charge in [0.25, 0.3) is 0 Å². The van der Waals surface area contributed by atoms with E-state index in [0.717, 1.165) is 28.0 Å². The summed E-state index contributed by atoms with van der Waals surface area (Å²) in [4.78, 5) is 25.3. The van der Waals surface area contributed by atoms with Crippen LogP contribution in [0.4, 0.5) is 0 Å². The number of hydrogen-bond donors (Lipinski definition) is 0. The lowest BCUT2D eigenvalue weighted by Gasteiger charge is -2.13. The topological polar surface area (TPSA) is 57.5 Å². The summed E-state index contributed by atoms with van der Waals surface area (Å²) in [5.74, 6) is -0.536. The van der Waals surface area contributed by atoms with E-state index in [4.69, 9.17) is 9.47 Å². The van der Waals surface area contributed by atoms with Crippen molar-refractivity contribution in [1.82, 2.24) is 4.57 Å². The number of benzene rings is 3. The van der Waals surface area contributed by atoms with Crippen LogP contribution in [0.2, 0.25) is 0 Å². The van der Waals surface area contributed by atoms with Crippen LogP contribution in [0.25, 0.3) is 22.7 Å². The first-order valence-electron chi connectivity index (χ1n) is 11.2. The molecule has 0 spiro atoms. The molecule has 1 heterocycles. The van der Waals surface area contributed by atoms with Gasteiger partial charge in [0.15, 0.2) is 0 Å². The molecule has 172 valence electrons. The van der Waals surface area contributed by atoms with Crippen LogP contribution in [0.3, 0.4) is 0 Å². The molecule has 0 unspecified atom stereocenters. The van der Waals surface area contributed by atoms with Crippen molar-refractivity contribution in [1.29, 1.82) is 0 Å². The van der Waals surface area contributed by atoms with E-state index in [1.165, 1.54) is 11.6 Å². The molecule has 34 heavy (non-hydrogen) atoms. The van der Waals surface area contributed by atoms with Crippen molar-refractivity contribution in [3.63, 3.8) is 0 Å². The quantitative estimate of drug-likeness (QED) is 0.194. The Hall–Kier alpha value is -4.12. The van der Waals surface area contributed by atoms with Crippen LogP contribution >= 0.6 is 0 Å². The molecule has 0 aliphatic carbocycles. The fourth-order valence-electron chi connectivity index (χ4n) is 4.17. The lowest BCUT2D eigenvalue weighted by Crippen LogP contribution is -2.07. The van der Waals surface area contributed by atoms with Crippen molar-refractivity contribution >= 4 is 28.9 Å². The Morgan fingerprint density at radius 3 is 2.41 bits per heavy atom. The number of rotatable bonds is 6. The molecular formula is C29H27NO4. The third-order valence-electron chi connectivity index (χ3n) is 5.68. The molecule has 0 bridgehead atoms. The molecule has 0 radical (unpaired) electrons. The Morgan fingerprint density at radius 2 is 1.71 bits per heavy atom. The van der Waals surface area contributed by atoms with Crippen molar-refractivity contribution in [3.05, 3.63) is 101 Å². The lowest BCUT2D eigenvalue weighted by molar-refractivity contribution is -0.128. The Morgan fingerprint density at radius 1 is 0.941 bits per heavy atom. The van der Waals surface area contributed by atoms with Crippen LogP contribution < -0.4 is 4.74 Å². The van der Waals surface area contributed by atoms with Gasteiger partial charge in [-0.1, -0.05) is 48.0 Å². The summed E-state index contributed by atoms with van der Waals surface area (Å²) in [7, 11) is 0. The van der Waals surface area contributed by atoms with Crippen molar-refractivity contribution in [2.75, 3.05) is 6.61 Å². The second-order valence-corrected chi connectivity index (χ2v) is 8.15. The molecule has 0 atom stereocenters. The zero-order valence-corrected chi connectivity index (χ0v) is 19.8. The van der Waals surface area contributed by atoms with Gasteiger partial charge in [0.05, 0.1) is 17.7 Å². The van der Waals surface area contributed by atoms with E-state index < -0.39 is 11.9 Å². The van der Waals surface area contributed by atoms with E-state index in [2.05, 4.69) is 10.6 Å². The Labute approximate surface area is 199 Å². The highest BCUT2D eigenvalue weighted by Gasteiger charge is 2.23. The maximum Gasteiger partial charge on any atom is 0.340 e. The van der Waals surface area contributed by atoms with E-state index in [-0.39, 0.29) is 6.61 Å². The molecule has 3 aromatic carbocycles. The summed E-state index contributed by atoms with van der Waals surface area (Å²) in [6, 6.07) is 21.1. The molecule has 0 aliphatic rings. The maximum atomic E-state index is 12.9. The van der Waals surface area contributed by atoms with Crippen molar-refractivity contribution in [3.8, 4) is 11.4 Å². The molecule has 1 aromatic heterocycles. The Bertz CT molecular complexity index is 1400. The molecule has 0 fully saturated rings. The predicted molar refractivity (Wildman–Crippen MR) is 135 cm³/mol. The highest BCUT2D eigenvalue weighted by molar-refractivity contribution is 6.07. The minimum Gasteiger partial charge on any atom is -0.462 e. The van der Waals surface area contributed by atoms with Gasteiger partial charge >= 0.3 is 11.9 Å². The van der Waals surface area contributed by atoms with Gasteiger partial charge in [-0.05, 0) is 69.2 Å². The van der Waals surface area contributed by atoms with Crippen LogP contribution in [-0.4, -0.2) is 23.1 Å². The number of nitrogens with zero attached hydrogens (tertiary/aromatic N) is 1. The van der Waals surface area contributed by atoms with Gasteiger partial charge < -0.3 is 14.0 Å². The molecule has 5 nitrogen and oxygen atoms in total. The number of ether oxygens (including phenoxy) is 2. The fraction of sp³-hybridized carbons (Fsp3) is 0.172. The largest absolute Gasteiger partial charge is 0.462 e. The highest BCUT2D eigenvalue weighted by Crippen LogP contribution is 2.33. The summed E-state index contributed by atoms with van der Waals surface area (Å²) < 4.78 is 13.0. The number of carbonyl (C=O) groups excluding carboxylic acids is 2. The van der Waals surface area contributed by atoms with Gasteiger partial charge in [-0.3, -0.25) is 0 Å². The third-order valence-corrected chi connectivity index (χ3v) is 5.68. The smallest absolute Gasteiger partial charge is 0.340 e. The van der Waals surface area contributed by atoms with E-state index in [1.807, 2.05) is 69.3 Å². The van der Waals surface area contributed by atoms with Crippen LogP contribution in [0.1, 0.15) is 39.7 Å². The number of hydrogen-bond acceptors (Lipinski definition) is 4. The van der Waals surface area contributed by atoms with Gasteiger partial charge in [-0.15, -0.1) is 0 Å². The standard InChI is InChI=1S/C29H27NO4/c1-5-33-29(32)28-21(4)30(25-14-11-19(2)17-20(25)3)26-15-13-23(18-24(26)28)34-27(31)16-12-22-9-7-6-8-10-22/h6-18H,5H2,1-4H3/b16-12+. The summed E-state index contributed by atoms with van der Waals surface area (Å²) >= 11 is 0. The lowest BCUT2D eigenvalue weighted by atomic mass is 10.1. The molecule has 0 saturated carbocycles. The molecule has 4 aromatic rings. The Balaban J connectivity index is 1.76. The summed E-state index contributed by atoms with van der Waals surface area (Å²) in [6.07, 6.45) is 3.09. The maximum absolute atomic E-state index is 12.9. The number of aromatic nitrogens is 1. The van der Waals surface area contributed by atoms with Crippen LogP contribution in [-0.2, 0) is 9.53 Å². The van der Waals surface area contributed by atoms with E-state index >= 15 is 0 Å². The zero-order chi connectivity index (χ0) is 24.2. The van der Waals surface area contributed by atoms with Crippen molar-refractivity contribution < 1.29 is 19.1 Å². The van der Waals surface area contributed by atoms with E-state index in [1.54, 1.807) is 25.1 Å². The van der Waals surface area contributed by atoms with Gasteiger partial charge in [0.1, 0.15) is 5.75 Å². The third kappa shape index (κ3) is 4.64. The monoisotopic (exact) mass is 453 g/mol. The fourth-order valence-corrected chi connectivity index (χ4v) is 4.17. The van der Waals surface area contributed by atoms with Gasteiger partial charge in [-0.25, -0.2) is 9.59 Å². The second kappa shape index (κ2) is 9.79. The first-order chi connectivity index (χ1) is 16.4. The Kier molecular flexibility index (Phi) is 6.64. The number of esters is 2. The molecule has 0 saturated heterocycles. The molecule has 0 aliphatic heterocycles. The van der Waals surface area contributed by atoms with Gasteiger partial charge in [0, 0.05) is 22.8 Å². The minimum absolute atomic E-state index is 0.271. The second-order valence-electron chi connectivity index (χ2n) is 8.15. The number of aryl methyl sites for hydroxylation is 2. The van der Waals surface area contributed by atoms with Gasteiger partial charge in [-0.2, -0.15) is 0 Å². The normalized spacial score (nSPS) is 11.2. The van der Waals surface area contributed by atoms with E-state index in [0.29, 0.717) is 16.7 Å². The summed E-state index contributed by atoms with van der Waals surface area (Å²) in [5.41, 5.74) is 6.23. The van der Waals surface area contributed by atoms with Crippen LogP contribution in [0, 0.1) is 20.8 Å². The molecule has 4 rings (SSSR count). The first-order valence-corrected chi connectivity index (χ1v) is 11.2. The highest BCUT2D eigenvalue weighted by atomic mass is 16.5. The molecule has 0 N–H and O–H groups in total. The number of fused-ring (bicyclic) bond motifs is 1. The molecule has 5 heteroatoms. The predicted octanol–water partition coefficient (Wildman–Crippen LogP) is 6.35. The van der Waals surface area contributed by atoms with Crippen LogP contribution in [0.15, 0.2) is 72.8 Å². The van der Waals surface area contributed by atoms with Gasteiger partial charge in [0.2, 0.25) is 0 Å². The molecule has 0 amide bonds. The van der Waals surface area contributed by atoms with Crippen molar-refractivity contribution in [2.24, 2.45) is 0 Å². The molecular weight excluding hydrogens is 426 g/mol. The van der Waals surface area contributed by atoms with Crippen molar-refractivity contribution in [2.45, 2.75) is 27.7 Å². The number of carbonyl (C=O) groups is 2. The average molecular weight is 454 g/mol. The average Bonchev–Trinajstić information content (AvgIpc) is 3.09. The van der Waals surface area contributed by atoms with Crippen LogP contribution in [0.5, 0.6) is 5.75 Å².